The molecule has 57 heavy (non-hydrogen) atoms. The molecule has 5 aliphatic heterocycles. The molecule has 0 aromatic rings. The summed E-state index contributed by atoms with van der Waals surface area (Å²) in [5.41, 5.74) is 0. The number of ether oxygens (including phenoxy) is 8. The van der Waals surface area contributed by atoms with Gasteiger partial charge in [0, 0.05) is 0 Å². The van der Waals surface area contributed by atoms with Crippen LogP contribution in [0.3, 0.4) is 0 Å². The van der Waals surface area contributed by atoms with E-state index in [1.165, 1.54) is 0 Å². The molecule has 5 aliphatic rings. The summed E-state index contributed by atoms with van der Waals surface area (Å²) in [6, 6.07) is 0. The Labute approximate surface area is 321 Å². The third-order valence-corrected chi connectivity index (χ3v) is 10.2. The van der Waals surface area contributed by atoms with Crippen LogP contribution in [0.4, 0.5) is 0 Å². The molecule has 27 heteroatoms. The highest BCUT2D eigenvalue weighted by molar-refractivity contribution is 5.00. The number of hydrogen-bond acceptors (Lipinski definition) is 27. The van der Waals surface area contributed by atoms with E-state index in [2.05, 4.69) is 0 Å². The summed E-state index contributed by atoms with van der Waals surface area (Å²) in [5, 5.41) is 186. The van der Waals surface area contributed by atoms with Gasteiger partial charge >= 0.3 is 0 Å². The lowest BCUT2D eigenvalue weighted by atomic mass is 9.98. The van der Waals surface area contributed by atoms with Gasteiger partial charge in [-0.25, -0.2) is 0 Å². The SMILES string of the molecule is OC[C@H]1O[C@@](CO)(O[C@H]2O[C@H](CO)[C@@H](O)[C@H](O)[C@H]2O)[C@@H](O)[C@@H]1O.OC[C@H]1O[C@H](OC[C@H]2O[C@H](O[C@]3(CO)O[C@H](CO)[C@@H](O)[C@@H]3O)[C@H](O)[C@@H](O)[C@@H]2O)[C@H](O)[C@@H](O)[C@H]1O. The van der Waals surface area contributed by atoms with Crippen LogP contribution in [0.1, 0.15) is 0 Å². The summed E-state index contributed by atoms with van der Waals surface area (Å²) < 4.78 is 41.9. The number of hydrogen-bond donors (Lipinski definition) is 19. The molecule has 0 aliphatic carbocycles. The van der Waals surface area contributed by atoms with Crippen LogP contribution in [0.2, 0.25) is 0 Å². The van der Waals surface area contributed by atoms with Crippen LogP contribution in [0.15, 0.2) is 0 Å². The van der Waals surface area contributed by atoms with Crippen molar-refractivity contribution in [1.29, 1.82) is 0 Å². The lowest BCUT2D eigenvalue weighted by molar-refractivity contribution is -0.388. The standard InChI is InChI=1S/C18H32O16.C12H22O11/c19-1-5-8(22)11(25)13(27)16(31-5)30-3-7-9(23)12(26)14(28)17(32-7)34-18(4-21)15(29)10(24)6(2-20)33-18;13-1-4-6(16)8(18)9(19)11(21-4)23-12(3-15)10(20)7(17)5(2-14)22-12/h5-17,19-29H,1-4H2;4-11,13-20H,1-3H2/t5-,6-,7-,8+,9-,10-,11+,12+,13-,14-,15+,16+,17-,18+;4-,5-,6-,7-,8+,9-,10+,11-,12+/m11/s1. The minimum Gasteiger partial charge on any atom is -0.394 e. The number of rotatable bonds is 13. The molecule has 0 saturated carbocycles. The molecule has 27 nitrogen and oxygen atoms in total. The largest absolute Gasteiger partial charge is 0.394 e. The van der Waals surface area contributed by atoms with E-state index in [0.717, 1.165) is 0 Å². The zero-order chi connectivity index (χ0) is 42.7. The molecule has 19 N–H and O–H groups in total. The van der Waals surface area contributed by atoms with E-state index in [1.54, 1.807) is 0 Å². The molecule has 0 aromatic carbocycles. The molecule has 5 saturated heterocycles. The third kappa shape index (κ3) is 9.70. The van der Waals surface area contributed by atoms with Crippen molar-refractivity contribution in [2.24, 2.45) is 0 Å². The van der Waals surface area contributed by atoms with E-state index in [1.807, 2.05) is 0 Å². The maximum atomic E-state index is 10.3. The molecular formula is C30H54O27. The Morgan fingerprint density at radius 3 is 1.00 bits per heavy atom. The van der Waals surface area contributed by atoms with Crippen LogP contribution in [-0.4, -0.2) is 284 Å². The van der Waals surface area contributed by atoms with Gasteiger partial charge in [0.05, 0.1) is 33.0 Å². The minimum absolute atomic E-state index is 0.634. The maximum absolute atomic E-state index is 10.3. The first-order valence-electron chi connectivity index (χ1n) is 17.6. The Kier molecular flexibility index (Phi) is 17.2. The molecule has 336 valence electrons. The zero-order valence-corrected chi connectivity index (χ0v) is 29.8. The van der Waals surface area contributed by atoms with Crippen LogP contribution in [0.5, 0.6) is 0 Å². The van der Waals surface area contributed by atoms with Crippen molar-refractivity contribution in [3.63, 3.8) is 0 Å². The third-order valence-electron chi connectivity index (χ3n) is 10.2. The Balaban J connectivity index is 0.000000273. The second kappa shape index (κ2) is 20.2. The van der Waals surface area contributed by atoms with Gasteiger partial charge in [-0.1, -0.05) is 0 Å². The zero-order valence-electron chi connectivity index (χ0n) is 29.8. The first kappa shape index (κ1) is 48.6. The van der Waals surface area contributed by atoms with Gasteiger partial charge in [0.2, 0.25) is 11.6 Å². The summed E-state index contributed by atoms with van der Waals surface area (Å²) in [6.45, 7) is -5.46. The quantitative estimate of drug-likeness (QED) is 0.0818. The van der Waals surface area contributed by atoms with Gasteiger partial charge < -0.3 is 135 Å². The normalized spacial score (nSPS) is 51.7. The molecular weight excluding hydrogens is 792 g/mol. The maximum Gasteiger partial charge on any atom is 0.224 e. The van der Waals surface area contributed by atoms with E-state index in [9.17, 15) is 86.8 Å². The summed E-state index contributed by atoms with van der Waals surface area (Å²) in [5.74, 6) is -4.58. The highest BCUT2D eigenvalue weighted by atomic mass is 16.8. The number of aliphatic hydroxyl groups is 19. The van der Waals surface area contributed by atoms with E-state index in [4.69, 9.17) is 48.1 Å². The van der Waals surface area contributed by atoms with Gasteiger partial charge in [-0.05, 0) is 0 Å². The van der Waals surface area contributed by atoms with E-state index in [-0.39, 0.29) is 0 Å². The minimum atomic E-state index is -2.36. The van der Waals surface area contributed by atoms with Crippen molar-refractivity contribution >= 4 is 0 Å². The van der Waals surface area contributed by atoms with Crippen molar-refractivity contribution in [3.05, 3.63) is 0 Å². The molecule has 0 spiro atoms. The van der Waals surface area contributed by atoms with Gasteiger partial charge in [0.15, 0.2) is 18.9 Å². The van der Waals surface area contributed by atoms with Crippen LogP contribution in [-0.2, 0) is 37.9 Å². The van der Waals surface area contributed by atoms with E-state index in [0.29, 0.717) is 0 Å². The highest BCUT2D eigenvalue weighted by Crippen LogP contribution is 2.38. The summed E-state index contributed by atoms with van der Waals surface area (Å²) in [6.07, 6.45) is -34.4. The molecule has 5 heterocycles. The predicted molar refractivity (Wildman–Crippen MR) is 170 cm³/mol. The Bertz CT molecular complexity index is 1220. The van der Waals surface area contributed by atoms with Gasteiger partial charge in [0.1, 0.15) is 123 Å². The summed E-state index contributed by atoms with van der Waals surface area (Å²) in [4.78, 5) is 0. The Morgan fingerprint density at radius 1 is 0.351 bits per heavy atom. The van der Waals surface area contributed by atoms with Crippen LogP contribution < -0.4 is 0 Å². The number of aliphatic hydroxyl groups excluding tert-OH is 19. The smallest absolute Gasteiger partial charge is 0.224 e. The van der Waals surface area contributed by atoms with Crippen molar-refractivity contribution in [2.75, 3.05) is 46.2 Å². The van der Waals surface area contributed by atoms with Crippen molar-refractivity contribution < 1.29 is 135 Å². The molecule has 5 rings (SSSR count). The monoisotopic (exact) mass is 846 g/mol. The Morgan fingerprint density at radius 2 is 0.667 bits per heavy atom. The molecule has 0 aromatic heterocycles. The molecule has 5 fully saturated rings. The van der Waals surface area contributed by atoms with Gasteiger partial charge in [0.25, 0.3) is 0 Å². The molecule has 23 atom stereocenters. The fourth-order valence-electron chi connectivity index (χ4n) is 6.64. The fraction of sp³-hybridized carbons (Fsp3) is 1.00. The summed E-state index contributed by atoms with van der Waals surface area (Å²) in [7, 11) is 0. The Hall–Kier alpha value is -1.08. The average molecular weight is 847 g/mol. The predicted octanol–water partition coefficient (Wildman–Crippen LogP) is -13.0. The van der Waals surface area contributed by atoms with E-state index < -0.39 is 187 Å². The average Bonchev–Trinajstić information content (AvgIpc) is 3.60. The van der Waals surface area contributed by atoms with E-state index >= 15 is 0 Å². The lowest BCUT2D eigenvalue weighted by Crippen LogP contribution is -2.63. The highest BCUT2D eigenvalue weighted by Gasteiger charge is 2.60. The first-order valence-corrected chi connectivity index (χ1v) is 17.6. The van der Waals surface area contributed by atoms with Crippen LogP contribution in [0.25, 0.3) is 0 Å². The second-order valence-corrected chi connectivity index (χ2v) is 14.0. The van der Waals surface area contributed by atoms with Crippen molar-refractivity contribution in [3.8, 4) is 0 Å². The van der Waals surface area contributed by atoms with Gasteiger partial charge in [-0.3, -0.25) is 0 Å². The second-order valence-electron chi connectivity index (χ2n) is 14.0. The molecule has 0 amide bonds. The lowest BCUT2D eigenvalue weighted by Gasteiger charge is -2.44. The molecule has 0 bridgehead atoms. The van der Waals surface area contributed by atoms with Crippen molar-refractivity contribution in [1.82, 2.24) is 0 Å². The van der Waals surface area contributed by atoms with Crippen LogP contribution in [0, 0.1) is 0 Å². The van der Waals surface area contributed by atoms with Gasteiger partial charge in [-0.2, -0.15) is 0 Å². The topological polar surface area (TPSA) is 458 Å². The van der Waals surface area contributed by atoms with Gasteiger partial charge in [-0.15, -0.1) is 0 Å². The fourth-order valence-corrected chi connectivity index (χ4v) is 6.64. The van der Waals surface area contributed by atoms with Crippen LogP contribution >= 0.6 is 0 Å². The first-order chi connectivity index (χ1) is 26.8. The van der Waals surface area contributed by atoms with Crippen molar-refractivity contribution in [2.45, 2.75) is 140 Å². The molecule has 0 radical (unpaired) electrons. The summed E-state index contributed by atoms with van der Waals surface area (Å²) >= 11 is 0. The molecule has 0 unspecified atom stereocenters.